The topological polar surface area (TPSA) is 35.6 Å². The molecule has 138 valence electrons. The molecule has 0 unspecified atom stereocenters. The second-order valence-corrected chi connectivity index (χ2v) is 8.69. The number of carbonyl (C=O) groups is 1. The quantitative estimate of drug-likeness (QED) is 0.887. The van der Waals surface area contributed by atoms with E-state index in [-0.39, 0.29) is 11.4 Å². The molecule has 2 fully saturated rings. The van der Waals surface area contributed by atoms with Crippen LogP contribution < -0.4 is 5.32 Å². The molecule has 0 radical (unpaired) electrons. The maximum absolute atomic E-state index is 12.7. The minimum atomic E-state index is 0.0195. The molecule has 1 N–H and O–H groups in total. The van der Waals surface area contributed by atoms with Crippen molar-refractivity contribution in [2.24, 2.45) is 5.92 Å². The van der Waals surface area contributed by atoms with E-state index in [2.05, 4.69) is 37.1 Å². The van der Waals surface area contributed by atoms with Gasteiger partial charge in [-0.25, -0.2) is 4.79 Å². The van der Waals surface area contributed by atoms with Crippen molar-refractivity contribution < 1.29 is 4.79 Å². The van der Waals surface area contributed by atoms with E-state index in [4.69, 9.17) is 0 Å². The van der Waals surface area contributed by atoms with Crippen molar-refractivity contribution in [3.63, 3.8) is 0 Å². The molecule has 2 aliphatic heterocycles. The molecule has 0 saturated carbocycles. The van der Waals surface area contributed by atoms with Gasteiger partial charge in [0.15, 0.2) is 0 Å². The molecule has 1 aromatic rings. The van der Waals surface area contributed by atoms with E-state index in [9.17, 15) is 4.79 Å². The highest BCUT2D eigenvalue weighted by atomic mass is 16.2. The van der Waals surface area contributed by atoms with Gasteiger partial charge < -0.3 is 15.1 Å². The van der Waals surface area contributed by atoms with E-state index in [1.54, 1.807) is 0 Å². The lowest BCUT2D eigenvalue weighted by atomic mass is 9.86. The fraction of sp³-hybridized carbons (Fsp3) is 0.667. The zero-order valence-electron chi connectivity index (χ0n) is 16.1. The first-order valence-electron chi connectivity index (χ1n) is 9.81. The van der Waals surface area contributed by atoms with Gasteiger partial charge in [0, 0.05) is 25.3 Å². The monoisotopic (exact) mass is 343 g/mol. The molecule has 2 heterocycles. The molecule has 0 bridgehead atoms. The van der Waals surface area contributed by atoms with Gasteiger partial charge in [0.25, 0.3) is 0 Å². The smallest absolute Gasteiger partial charge is 0.321 e. The lowest BCUT2D eigenvalue weighted by Gasteiger charge is -2.29. The fourth-order valence-electron chi connectivity index (χ4n) is 4.11. The summed E-state index contributed by atoms with van der Waals surface area (Å²) in [6.07, 6.45) is 5.18. The Bertz CT molecular complexity index is 587. The number of likely N-dealkylation sites (tertiary alicyclic amines) is 2. The molecule has 0 aromatic heterocycles. The van der Waals surface area contributed by atoms with Crippen LogP contribution in [0.3, 0.4) is 0 Å². The molecule has 4 nitrogen and oxygen atoms in total. The van der Waals surface area contributed by atoms with E-state index in [0.29, 0.717) is 5.92 Å². The van der Waals surface area contributed by atoms with Crippen molar-refractivity contribution >= 4 is 11.7 Å². The summed E-state index contributed by atoms with van der Waals surface area (Å²) in [5.74, 6) is 0.627. The van der Waals surface area contributed by atoms with Crippen LogP contribution >= 0.6 is 0 Å². The first-order chi connectivity index (χ1) is 11.9. The van der Waals surface area contributed by atoms with Gasteiger partial charge in [0.2, 0.25) is 0 Å². The van der Waals surface area contributed by atoms with E-state index in [1.807, 2.05) is 23.1 Å². The van der Waals surface area contributed by atoms with E-state index in [0.717, 1.165) is 31.7 Å². The molecule has 0 spiro atoms. The number of anilines is 1. The Labute approximate surface area is 152 Å². The number of urea groups is 1. The van der Waals surface area contributed by atoms with Gasteiger partial charge in [-0.1, -0.05) is 45.4 Å². The van der Waals surface area contributed by atoms with Gasteiger partial charge in [-0.15, -0.1) is 0 Å². The van der Waals surface area contributed by atoms with Gasteiger partial charge in [-0.05, 0) is 55.3 Å². The summed E-state index contributed by atoms with van der Waals surface area (Å²) in [5.41, 5.74) is 2.15. The third-order valence-electron chi connectivity index (χ3n) is 5.51. The van der Waals surface area contributed by atoms with Crippen molar-refractivity contribution in [3.8, 4) is 0 Å². The second-order valence-electron chi connectivity index (χ2n) is 8.69. The van der Waals surface area contributed by atoms with Crippen molar-refractivity contribution in [1.82, 2.24) is 9.80 Å². The second kappa shape index (κ2) is 7.77. The molecular formula is C21H33N3O. The van der Waals surface area contributed by atoms with Crippen molar-refractivity contribution in [3.05, 3.63) is 29.8 Å². The van der Waals surface area contributed by atoms with Crippen LogP contribution in [0, 0.1) is 5.92 Å². The van der Waals surface area contributed by atoms with Crippen LogP contribution in [0.5, 0.6) is 0 Å². The Morgan fingerprint density at radius 1 is 1.12 bits per heavy atom. The average Bonchev–Trinajstić information content (AvgIpc) is 3.04. The van der Waals surface area contributed by atoms with Gasteiger partial charge in [0.1, 0.15) is 0 Å². The van der Waals surface area contributed by atoms with Gasteiger partial charge in [0.05, 0.1) is 0 Å². The normalized spacial score (nSPS) is 22.2. The number of hydrogen-bond donors (Lipinski definition) is 1. The third kappa shape index (κ3) is 4.75. The standard InChI is InChI=1S/C21H33N3O/c1-21(2,3)18-9-5-6-10-19(18)22-20(25)24-14-11-17(16-24)15-23-12-7-4-8-13-23/h5-6,9-10,17H,4,7-8,11-16H2,1-3H3,(H,22,25)/t17-/m0/s1. The van der Waals surface area contributed by atoms with Gasteiger partial charge in [-0.2, -0.15) is 0 Å². The van der Waals surface area contributed by atoms with Gasteiger partial charge in [-0.3, -0.25) is 0 Å². The number of rotatable bonds is 3. The van der Waals surface area contributed by atoms with Crippen molar-refractivity contribution in [1.29, 1.82) is 0 Å². The Balaban J connectivity index is 1.56. The summed E-state index contributed by atoms with van der Waals surface area (Å²) in [6.45, 7) is 11.9. The zero-order chi connectivity index (χ0) is 17.9. The maximum Gasteiger partial charge on any atom is 0.321 e. The summed E-state index contributed by atoms with van der Waals surface area (Å²) >= 11 is 0. The zero-order valence-corrected chi connectivity index (χ0v) is 16.1. The average molecular weight is 344 g/mol. The van der Waals surface area contributed by atoms with Crippen LogP contribution in [0.15, 0.2) is 24.3 Å². The molecule has 2 amide bonds. The Morgan fingerprint density at radius 2 is 1.84 bits per heavy atom. The van der Waals surface area contributed by atoms with Crippen LogP contribution in [0.1, 0.15) is 52.0 Å². The number of para-hydroxylation sites is 1. The molecule has 2 saturated heterocycles. The van der Waals surface area contributed by atoms with Crippen LogP contribution in [-0.4, -0.2) is 48.6 Å². The molecule has 1 atom stereocenters. The van der Waals surface area contributed by atoms with Crippen LogP contribution in [0.4, 0.5) is 10.5 Å². The van der Waals surface area contributed by atoms with Crippen LogP contribution in [-0.2, 0) is 5.41 Å². The summed E-state index contributed by atoms with van der Waals surface area (Å²) in [4.78, 5) is 17.3. The first-order valence-corrected chi connectivity index (χ1v) is 9.81. The van der Waals surface area contributed by atoms with Crippen LogP contribution in [0.2, 0.25) is 0 Å². The molecule has 0 aliphatic carbocycles. The largest absolute Gasteiger partial charge is 0.324 e. The number of amides is 2. The van der Waals surface area contributed by atoms with E-state index in [1.165, 1.54) is 37.9 Å². The Kier molecular flexibility index (Phi) is 5.67. The lowest BCUT2D eigenvalue weighted by molar-refractivity contribution is 0.192. The maximum atomic E-state index is 12.7. The highest BCUT2D eigenvalue weighted by Crippen LogP contribution is 2.30. The first kappa shape index (κ1) is 18.2. The highest BCUT2D eigenvalue weighted by molar-refractivity contribution is 5.90. The van der Waals surface area contributed by atoms with Crippen molar-refractivity contribution in [2.75, 3.05) is 38.0 Å². The SMILES string of the molecule is CC(C)(C)c1ccccc1NC(=O)N1CC[C@@H](CN2CCCCC2)C1. The summed E-state index contributed by atoms with van der Waals surface area (Å²) in [6, 6.07) is 8.21. The minimum Gasteiger partial charge on any atom is -0.324 e. The molecule has 1 aromatic carbocycles. The van der Waals surface area contributed by atoms with E-state index >= 15 is 0 Å². The minimum absolute atomic E-state index is 0.0195. The predicted octanol–water partition coefficient (Wildman–Crippen LogP) is 4.32. The number of nitrogens with one attached hydrogen (secondary N) is 1. The fourth-order valence-corrected chi connectivity index (χ4v) is 4.11. The molecule has 4 heteroatoms. The lowest BCUT2D eigenvalue weighted by Crippen LogP contribution is -2.37. The molecule has 3 rings (SSSR count). The molecular weight excluding hydrogens is 310 g/mol. The number of carbonyl (C=O) groups excluding carboxylic acids is 1. The number of benzene rings is 1. The Hall–Kier alpha value is -1.55. The van der Waals surface area contributed by atoms with Crippen LogP contribution in [0.25, 0.3) is 0 Å². The Morgan fingerprint density at radius 3 is 2.56 bits per heavy atom. The molecule has 2 aliphatic rings. The number of nitrogens with zero attached hydrogens (tertiary/aromatic N) is 2. The predicted molar refractivity (Wildman–Crippen MR) is 104 cm³/mol. The number of hydrogen-bond acceptors (Lipinski definition) is 2. The third-order valence-corrected chi connectivity index (χ3v) is 5.51. The van der Waals surface area contributed by atoms with Gasteiger partial charge >= 0.3 is 6.03 Å². The van der Waals surface area contributed by atoms with E-state index < -0.39 is 0 Å². The number of piperidine rings is 1. The summed E-state index contributed by atoms with van der Waals surface area (Å²) in [5, 5.41) is 3.16. The molecule has 25 heavy (non-hydrogen) atoms. The van der Waals surface area contributed by atoms with Crippen molar-refractivity contribution in [2.45, 2.75) is 51.9 Å². The highest BCUT2D eigenvalue weighted by Gasteiger charge is 2.29. The summed E-state index contributed by atoms with van der Waals surface area (Å²) in [7, 11) is 0. The summed E-state index contributed by atoms with van der Waals surface area (Å²) < 4.78 is 0.